The van der Waals surface area contributed by atoms with Gasteiger partial charge in [-0.05, 0) is 52.9 Å². The van der Waals surface area contributed by atoms with E-state index in [2.05, 4.69) is 34.5 Å². The van der Waals surface area contributed by atoms with Gasteiger partial charge in [-0.2, -0.15) is 4.98 Å². The van der Waals surface area contributed by atoms with Crippen molar-refractivity contribution in [3.8, 4) is 34.0 Å². The van der Waals surface area contributed by atoms with Gasteiger partial charge in [0, 0.05) is 24.8 Å². The molecule has 0 radical (unpaired) electrons. The zero-order valence-corrected chi connectivity index (χ0v) is 20.2. The molecule has 0 bridgehead atoms. The maximum atomic E-state index is 12.1. The lowest BCUT2D eigenvalue weighted by atomic mass is 9.94. The van der Waals surface area contributed by atoms with E-state index in [1.54, 1.807) is 7.11 Å². The molecule has 0 saturated heterocycles. The van der Waals surface area contributed by atoms with E-state index in [1.807, 2.05) is 54.6 Å². The zero-order chi connectivity index (χ0) is 25.5. The number of methoxy groups -OCH3 is 1. The number of carbonyl (C=O) groups excluding carboxylic acids is 1. The highest BCUT2D eigenvalue weighted by Gasteiger charge is 2.15. The van der Waals surface area contributed by atoms with Gasteiger partial charge >= 0.3 is 5.97 Å². The Labute approximate surface area is 208 Å². The summed E-state index contributed by atoms with van der Waals surface area (Å²) in [6.07, 6.45) is 0.00829. The van der Waals surface area contributed by atoms with Gasteiger partial charge in [0.25, 0.3) is 5.89 Å². The molecule has 1 heterocycles. The maximum absolute atomic E-state index is 12.1. The lowest BCUT2D eigenvalue weighted by Crippen LogP contribution is -2.27. The van der Waals surface area contributed by atoms with Crippen LogP contribution in [0.3, 0.4) is 0 Å². The number of nitrogens with zero attached hydrogens (tertiary/aromatic N) is 2. The standard InChI is InChI=1S/C28H27N3O5/c1-18-6-3-4-9-23(18)24-11-10-21(16-22(24)17-35-2)28-30-27(31-36-28)20-8-5-7-19(14-20)15-25(32)29-13-12-26(33)34/h3-11,14,16H,12-13,15,17H2,1-2H3,(H,29,32)(H,33,34). The number of nitrogens with one attached hydrogen (secondary N) is 1. The van der Waals surface area contributed by atoms with Gasteiger partial charge in [0.05, 0.1) is 19.4 Å². The van der Waals surface area contributed by atoms with E-state index in [-0.39, 0.29) is 25.3 Å². The van der Waals surface area contributed by atoms with Crippen molar-refractivity contribution in [3.63, 3.8) is 0 Å². The number of ether oxygens (including phenoxy) is 1. The lowest BCUT2D eigenvalue weighted by Gasteiger charge is -2.12. The fourth-order valence-electron chi connectivity index (χ4n) is 3.97. The Morgan fingerprint density at radius 2 is 1.83 bits per heavy atom. The van der Waals surface area contributed by atoms with Crippen LogP contribution in [0.2, 0.25) is 0 Å². The van der Waals surface area contributed by atoms with Crippen molar-refractivity contribution in [1.82, 2.24) is 15.5 Å². The van der Waals surface area contributed by atoms with E-state index in [0.717, 1.165) is 33.4 Å². The van der Waals surface area contributed by atoms with Crippen LogP contribution in [0.1, 0.15) is 23.1 Å². The molecule has 36 heavy (non-hydrogen) atoms. The van der Waals surface area contributed by atoms with E-state index in [9.17, 15) is 9.59 Å². The fraction of sp³-hybridized carbons (Fsp3) is 0.214. The molecular weight excluding hydrogens is 458 g/mol. The van der Waals surface area contributed by atoms with Gasteiger partial charge in [-0.15, -0.1) is 0 Å². The predicted octanol–water partition coefficient (Wildman–Crippen LogP) is 4.66. The minimum Gasteiger partial charge on any atom is -0.481 e. The summed E-state index contributed by atoms with van der Waals surface area (Å²) in [7, 11) is 1.67. The summed E-state index contributed by atoms with van der Waals surface area (Å²) in [4.78, 5) is 27.3. The number of hydrogen-bond acceptors (Lipinski definition) is 6. The number of aliphatic carboxylic acids is 1. The maximum Gasteiger partial charge on any atom is 0.305 e. The number of benzene rings is 3. The Hall–Kier alpha value is -4.30. The molecule has 4 aromatic rings. The third-order valence-electron chi connectivity index (χ3n) is 5.72. The average molecular weight is 486 g/mol. The third kappa shape index (κ3) is 6.03. The zero-order valence-electron chi connectivity index (χ0n) is 20.2. The van der Waals surface area contributed by atoms with Crippen LogP contribution < -0.4 is 5.32 Å². The Bertz CT molecular complexity index is 1380. The van der Waals surface area contributed by atoms with Crippen LogP contribution in [-0.2, 0) is 27.4 Å². The summed E-state index contributed by atoms with van der Waals surface area (Å²) in [6.45, 7) is 2.61. The van der Waals surface area contributed by atoms with Gasteiger partial charge in [0.15, 0.2) is 0 Å². The fourth-order valence-corrected chi connectivity index (χ4v) is 3.97. The summed E-state index contributed by atoms with van der Waals surface area (Å²) >= 11 is 0. The molecule has 0 spiro atoms. The molecule has 3 aromatic carbocycles. The molecule has 8 heteroatoms. The molecule has 0 aliphatic heterocycles. The number of hydrogen-bond donors (Lipinski definition) is 2. The molecule has 0 aliphatic carbocycles. The first-order chi connectivity index (χ1) is 17.4. The first-order valence-electron chi connectivity index (χ1n) is 11.5. The molecule has 0 unspecified atom stereocenters. The number of rotatable bonds is 10. The Morgan fingerprint density at radius 3 is 2.61 bits per heavy atom. The van der Waals surface area contributed by atoms with Crippen LogP contribution in [0.5, 0.6) is 0 Å². The average Bonchev–Trinajstić information content (AvgIpc) is 3.35. The van der Waals surface area contributed by atoms with Crippen molar-refractivity contribution in [2.45, 2.75) is 26.4 Å². The quantitative estimate of drug-likeness (QED) is 0.336. The SMILES string of the molecule is COCc1cc(-c2nc(-c3cccc(CC(=O)NCCC(=O)O)c3)no2)ccc1-c1ccccc1C. The number of carboxylic acids is 1. The first kappa shape index (κ1) is 24.8. The van der Waals surface area contributed by atoms with Gasteiger partial charge in [-0.25, -0.2) is 0 Å². The van der Waals surface area contributed by atoms with Crippen LogP contribution in [0.4, 0.5) is 0 Å². The number of carboxylic acid groups (broad SMARTS) is 1. The normalized spacial score (nSPS) is 10.8. The van der Waals surface area contributed by atoms with Crippen LogP contribution >= 0.6 is 0 Å². The second kappa shape index (κ2) is 11.4. The number of carbonyl (C=O) groups is 2. The molecular formula is C28H27N3O5. The van der Waals surface area contributed by atoms with Gasteiger partial charge < -0.3 is 19.7 Å². The number of aromatic nitrogens is 2. The topological polar surface area (TPSA) is 115 Å². The number of amides is 1. The Morgan fingerprint density at radius 1 is 1.00 bits per heavy atom. The van der Waals surface area contributed by atoms with Gasteiger partial charge in [-0.3, -0.25) is 9.59 Å². The molecule has 0 atom stereocenters. The molecule has 2 N–H and O–H groups in total. The second-order valence-corrected chi connectivity index (χ2v) is 8.41. The molecule has 1 amide bonds. The smallest absolute Gasteiger partial charge is 0.305 e. The monoisotopic (exact) mass is 485 g/mol. The molecule has 0 fully saturated rings. The third-order valence-corrected chi connectivity index (χ3v) is 5.72. The van der Waals surface area contributed by atoms with Gasteiger partial charge in [0.2, 0.25) is 11.7 Å². The predicted molar refractivity (Wildman–Crippen MR) is 135 cm³/mol. The summed E-state index contributed by atoms with van der Waals surface area (Å²) in [6, 6.07) is 21.5. The Balaban J connectivity index is 1.54. The molecule has 0 saturated carbocycles. The van der Waals surface area contributed by atoms with Crippen molar-refractivity contribution >= 4 is 11.9 Å². The highest BCUT2D eigenvalue weighted by molar-refractivity contribution is 5.79. The van der Waals surface area contributed by atoms with E-state index in [1.165, 1.54) is 5.56 Å². The minimum atomic E-state index is -0.954. The molecule has 1 aromatic heterocycles. The summed E-state index contributed by atoms with van der Waals surface area (Å²) < 4.78 is 11.0. The largest absolute Gasteiger partial charge is 0.481 e. The molecule has 4 rings (SSSR count). The van der Waals surface area contributed by atoms with E-state index in [0.29, 0.717) is 18.3 Å². The summed E-state index contributed by atoms with van der Waals surface area (Å²) in [5.74, 6) is -0.407. The van der Waals surface area contributed by atoms with Crippen molar-refractivity contribution in [3.05, 3.63) is 83.4 Å². The van der Waals surface area contributed by atoms with Crippen molar-refractivity contribution < 1.29 is 24.0 Å². The van der Waals surface area contributed by atoms with Crippen LogP contribution in [0.25, 0.3) is 34.0 Å². The summed E-state index contributed by atoms with van der Waals surface area (Å²) in [5.41, 5.74) is 6.69. The van der Waals surface area contributed by atoms with Gasteiger partial charge in [0.1, 0.15) is 0 Å². The van der Waals surface area contributed by atoms with Crippen LogP contribution in [0, 0.1) is 6.92 Å². The molecule has 184 valence electrons. The Kier molecular flexibility index (Phi) is 7.87. The van der Waals surface area contributed by atoms with E-state index < -0.39 is 5.97 Å². The van der Waals surface area contributed by atoms with Crippen LogP contribution in [0.15, 0.2) is 71.3 Å². The van der Waals surface area contributed by atoms with Crippen molar-refractivity contribution in [2.75, 3.05) is 13.7 Å². The van der Waals surface area contributed by atoms with Crippen molar-refractivity contribution in [2.24, 2.45) is 0 Å². The van der Waals surface area contributed by atoms with Crippen molar-refractivity contribution in [1.29, 1.82) is 0 Å². The van der Waals surface area contributed by atoms with E-state index in [4.69, 9.17) is 14.4 Å². The molecule has 8 nitrogen and oxygen atoms in total. The number of aryl methyl sites for hydroxylation is 1. The minimum absolute atomic E-state index is 0.0930. The summed E-state index contributed by atoms with van der Waals surface area (Å²) in [5, 5.41) is 15.4. The van der Waals surface area contributed by atoms with Crippen LogP contribution in [-0.4, -0.2) is 40.8 Å². The second-order valence-electron chi connectivity index (χ2n) is 8.41. The van der Waals surface area contributed by atoms with Gasteiger partial charge in [-0.1, -0.05) is 53.7 Å². The highest BCUT2D eigenvalue weighted by atomic mass is 16.5. The first-order valence-corrected chi connectivity index (χ1v) is 11.5. The highest BCUT2D eigenvalue weighted by Crippen LogP contribution is 2.31. The molecule has 0 aliphatic rings. The van der Waals surface area contributed by atoms with E-state index >= 15 is 0 Å². The lowest BCUT2D eigenvalue weighted by molar-refractivity contribution is -0.136.